The zero-order chi connectivity index (χ0) is 38.8. The molecule has 0 radical (unpaired) electrons. The summed E-state index contributed by atoms with van der Waals surface area (Å²) in [6, 6.07) is 0. The number of hydrogen-bond donors (Lipinski definition) is 3. The predicted molar refractivity (Wildman–Crippen MR) is 189 cm³/mol. The largest absolute Gasteiger partial charge is 0.229 e. The Morgan fingerprint density at radius 1 is 0.776 bits per heavy atom. The van der Waals surface area contributed by atoms with Crippen molar-refractivity contribution < 1.29 is 58.5 Å². The van der Waals surface area contributed by atoms with Crippen LogP contribution in [-0.4, -0.2) is 149 Å². The molecule has 2 fully saturated rings. The Balaban J connectivity index is 0. The summed E-state index contributed by atoms with van der Waals surface area (Å²) >= 11 is -1.99. The zero-order valence-corrected chi connectivity index (χ0v) is 36.1. The molecule has 0 bridgehead atoms. The summed E-state index contributed by atoms with van der Waals surface area (Å²) in [5.41, 5.74) is -1.14. The maximum absolute atomic E-state index is 11.8. The summed E-state index contributed by atoms with van der Waals surface area (Å²) in [5.74, 6) is -0.681. The summed E-state index contributed by atoms with van der Waals surface area (Å²) in [6.07, 6.45) is 4.26. The van der Waals surface area contributed by atoms with Crippen LogP contribution in [0.15, 0.2) is 0 Å². The first-order valence-electron chi connectivity index (χ1n) is 16.3. The molecular formula is C30H61ClN2O13S2Sn. The average Bonchev–Trinajstić information content (AvgIpc) is 3.49. The summed E-state index contributed by atoms with van der Waals surface area (Å²) in [4.78, 5) is 26.1. The van der Waals surface area contributed by atoms with E-state index in [4.69, 9.17) is 14.6 Å². The molecule has 19 heteroatoms. The van der Waals surface area contributed by atoms with Crippen LogP contribution in [0.5, 0.6) is 0 Å². The number of carbonyl (C=O) groups is 2. The molecule has 0 saturated carbocycles. The van der Waals surface area contributed by atoms with Gasteiger partial charge in [0.15, 0.2) is 0 Å². The van der Waals surface area contributed by atoms with Crippen LogP contribution in [0, 0.1) is 11.8 Å². The fourth-order valence-electron chi connectivity index (χ4n) is 4.09. The Bertz CT molecular complexity index is 1190. The number of carbonyl (C=O) groups excluding carboxylic acids is 2. The van der Waals surface area contributed by atoms with E-state index in [2.05, 4.69) is 28.7 Å². The van der Waals surface area contributed by atoms with Gasteiger partial charge in [-0.1, -0.05) is 0 Å². The van der Waals surface area contributed by atoms with Crippen molar-refractivity contribution in [2.45, 2.75) is 113 Å². The van der Waals surface area contributed by atoms with E-state index < -0.39 is 80.4 Å². The minimum atomic E-state index is -3.55. The minimum absolute atomic E-state index is 0.111. The van der Waals surface area contributed by atoms with Crippen molar-refractivity contribution in [2.75, 3.05) is 51.9 Å². The fourth-order valence-corrected chi connectivity index (χ4v) is 9.49. The average molecular weight is 876 g/mol. The molecule has 0 aromatic rings. The number of halogens is 1. The molecule has 2 aliphatic heterocycles. The number of aliphatic hydroxyl groups excluding tert-OH is 3. The third-order valence-corrected chi connectivity index (χ3v) is 12.2. The molecule has 0 aromatic carbocycles. The smallest absolute Gasteiger partial charge is 0.213 e. The van der Waals surface area contributed by atoms with Crippen LogP contribution < -0.4 is 0 Å². The second kappa shape index (κ2) is 23.7. The number of ether oxygens (including phenoxy) is 2. The van der Waals surface area contributed by atoms with Gasteiger partial charge in [0.05, 0.1) is 51.0 Å². The summed E-state index contributed by atoms with van der Waals surface area (Å²) in [6.45, 7) is 15.6. The van der Waals surface area contributed by atoms with Gasteiger partial charge in [-0.3, -0.25) is 4.18 Å². The first kappa shape index (κ1) is 50.3. The van der Waals surface area contributed by atoms with Gasteiger partial charge in [-0.2, -0.15) is 8.42 Å². The Morgan fingerprint density at radius 2 is 1.12 bits per heavy atom. The van der Waals surface area contributed by atoms with Gasteiger partial charge < -0.3 is 34.6 Å². The second-order valence-corrected chi connectivity index (χ2v) is 24.6. The molecular weight excluding hydrogens is 815 g/mol. The number of unbranched alkanes of at least 4 members (excludes halogenated alkanes) is 2. The number of aliphatic hydroxyl groups is 3. The van der Waals surface area contributed by atoms with Gasteiger partial charge in [0, 0.05) is 35.6 Å². The summed E-state index contributed by atoms with van der Waals surface area (Å²) < 4.78 is 69.0. The van der Waals surface area contributed by atoms with Crippen molar-refractivity contribution >= 4 is 61.8 Å². The fraction of sp³-hybridized carbons (Fsp3) is 0.933. The molecule has 3 N–H and O–H groups in total. The van der Waals surface area contributed by atoms with Gasteiger partial charge in [-0.15, -0.1) is 0 Å². The molecule has 0 aromatic heterocycles. The molecule has 2 rings (SSSR count). The molecule has 0 unspecified atom stereocenters. The maximum atomic E-state index is 11.8. The molecule has 15 nitrogen and oxygen atoms in total. The van der Waals surface area contributed by atoms with E-state index in [0.29, 0.717) is 6.54 Å². The van der Waals surface area contributed by atoms with Crippen LogP contribution in [0.25, 0.3) is 0 Å². The number of β-amino-alcohol motifs (C(OH)–C–C–N with tert-alkyl or cyclic N) is 2. The second-order valence-electron chi connectivity index (χ2n) is 14.0. The molecule has 0 aliphatic carbocycles. The van der Waals surface area contributed by atoms with Gasteiger partial charge in [-0.25, -0.2) is 18.0 Å². The van der Waals surface area contributed by atoms with Crippen LogP contribution >= 0.6 is 10.7 Å². The quantitative estimate of drug-likeness (QED) is 0.163. The molecule has 0 spiro atoms. The molecule has 2 aliphatic rings. The van der Waals surface area contributed by atoms with Gasteiger partial charge >= 0.3 is 83.4 Å². The maximum Gasteiger partial charge on any atom is 0.229 e. The van der Waals surface area contributed by atoms with Crippen molar-refractivity contribution in [1.82, 2.24) is 9.80 Å². The third kappa shape index (κ3) is 29.4. The van der Waals surface area contributed by atoms with Crippen LogP contribution in [-0.2, 0) is 35.9 Å². The number of likely N-dealkylation sites (tertiary alicyclic amines) is 2. The van der Waals surface area contributed by atoms with Crippen LogP contribution in [0.1, 0.15) is 81.1 Å². The van der Waals surface area contributed by atoms with Gasteiger partial charge in [0.1, 0.15) is 11.2 Å². The van der Waals surface area contributed by atoms with E-state index in [1.165, 1.54) is 35.5 Å². The Morgan fingerprint density at radius 3 is 1.41 bits per heavy atom. The van der Waals surface area contributed by atoms with E-state index in [0.717, 1.165) is 21.4 Å². The molecule has 49 heavy (non-hydrogen) atoms. The van der Waals surface area contributed by atoms with Crippen molar-refractivity contribution in [3.63, 3.8) is 0 Å². The van der Waals surface area contributed by atoms with Crippen LogP contribution in [0.2, 0.25) is 8.87 Å². The van der Waals surface area contributed by atoms with Crippen molar-refractivity contribution in [3.05, 3.63) is 0 Å². The number of nitrogens with zero attached hydrogens (tertiary/aromatic N) is 2. The third-order valence-electron chi connectivity index (χ3n) is 6.47. The van der Waals surface area contributed by atoms with Gasteiger partial charge in [-0.05, 0) is 41.5 Å². The van der Waals surface area contributed by atoms with Gasteiger partial charge in [0.25, 0.3) is 10.1 Å². The zero-order valence-electron chi connectivity index (χ0n) is 30.8. The Hall–Kier alpha value is -0.831. The molecule has 2 saturated heterocycles. The van der Waals surface area contributed by atoms with Crippen molar-refractivity contribution in [2.24, 2.45) is 11.8 Å². The first-order valence-corrected chi connectivity index (χ1v) is 26.0. The number of rotatable bonds is 10. The van der Waals surface area contributed by atoms with Crippen molar-refractivity contribution in [1.29, 1.82) is 0 Å². The SMILES string of the molecule is CC(C)(C)OC(=O)N1C[C@H](CO)[C@H](O)C1.CC(C)(C)OC(=O)N1C[C@H](COS(C)(=O)=O)[C@H](O)C1.CCC[CH2][Sn](=[O])[CH2]CCC.CS(=O)(=O)Cl. The standard InChI is InChI=1S/C11H21NO6S.C10H19NO4.2C4H9.CH3ClO2S.O.Sn/c1-11(2,3)18-10(14)12-5-8(9(13)6-12)7-17-19(4,15)16;1-10(2,3)15-9(14)11-4-7(6-12)8(13)5-11;2*1-3-4-2;1-5(2,3)4;;/h8-9,13H,5-7H2,1-4H3;7-8,12-13H,4-6H2,1-3H3;2*1,3-4H2,2H3;1H3;;/t8-,9-;7-,8-;;;;;/m11...../s1. The molecule has 4 atom stereocenters. The van der Waals surface area contributed by atoms with Crippen molar-refractivity contribution in [3.8, 4) is 0 Å². The van der Waals surface area contributed by atoms with E-state index in [-0.39, 0.29) is 38.8 Å². The topological polar surface area (TPSA) is 214 Å². The Labute approximate surface area is 305 Å². The molecule has 2 heterocycles. The molecule has 2 amide bonds. The minimum Gasteiger partial charge on any atom is -0.213 e. The Kier molecular flexibility index (Phi) is 24.3. The molecule has 292 valence electrons. The van der Waals surface area contributed by atoms with E-state index in [1.54, 1.807) is 41.5 Å². The van der Waals surface area contributed by atoms with E-state index in [9.17, 15) is 39.7 Å². The monoisotopic (exact) mass is 876 g/mol. The first-order chi connectivity index (χ1) is 22.1. The van der Waals surface area contributed by atoms with E-state index in [1.807, 2.05) is 0 Å². The van der Waals surface area contributed by atoms with Crippen LogP contribution in [0.3, 0.4) is 0 Å². The normalized spacial score (nSPS) is 20.9. The van der Waals surface area contributed by atoms with Gasteiger partial charge in [0.2, 0.25) is 9.05 Å². The summed E-state index contributed by atoms with van der Waals surface area (Å²) in [5, 5.41) is 28.2. The van der Waals surface area contributed by atoms with Crippen LogP contribution in [0.4, 0.5) is 9.59 Å². The number of amides is 2. The summed E-state index contributed by atoms with van der Waals surface area (Å²) in [7, 11) is -2.24. The number of hydrogen-bond acceptors (Lipinski definition) is 13. The predicted octanol–water partition coefficient (Wildman–Crippen LogP) is 3.59. The van der Waals surface area contributed by atoms with E-state index >= 15 is 0 Å².